The summed E-state index contributed by atoms with van der Waals surface area (Å²) in [6, 6.07) is 15.4. The number of anilines is 2. The van der Waals surface area contributed by atoms with E-state index in [0.717, 1.165) is 42.8 Å². The summed E-state index contributed by atoms with van der Waals surface area (Å²) in [5.41, 5.74) is 8.72. The van der Waals surface area contributed by atoms with Gasteiger partial charge < -0.3 is 20.4 Å². The first-order valence-electron chi connectivity index (χ1n) is 10.5. The number of carbonyl (C=O) groups excluding carboxylic acids is 1. The van der Waals surface area contributed by atoms with Gasteiger partial charge in [-0.05, 0) is 49.9 Å². The number of halogens is 1. The minimum Gasteiger partial charge on any atom is -0.496 e. The number of rotatable bonds is 6. The van der Waals surface area contributed by atoms with E-state index in [2.05, 4.69) is 9.88 Å². The fraction of sp³-hybridized carbons (Fsp3) is 0.333. The predicted octanol–water partition coefficient (Wildman–Crippen LogP) is 5.04. The van der Waals surface area contributed by atoms with Gasteiger partial charge in [0.1, 0.15) is 11.6 Å². The summed E-state index contributed by atoms with van der Waals surface area (Å²) < 4.78 is 7.77. The van der Waals surface area contributed by atoms with Gasteiger partial charge in [0.15, 0.2) is 0 Å². The van der Waals surface area contributed by atoms with Gasteiger partial charge >= 0.3 is 0 Å². The number of amides is 1. The summed E-state index contributed by atoms with van der Waals surface area (Å²) in [5.74, 6) is 1.42. The number of carbonyl (C=O) groups is 1. The average molecular weight is 439 g/mol. The van der Waals surface area contributed by atoms with Crippen LogP contribution in [0.2, 0.25) is 0 Å². The molecule has 0 atom stereocenters. The number of nitrogens with zero attached hydrogens (tertiary/aromatic N) is 2. The molecular weight excluding hydrogens is 412 g/mol. The van der Waals surface area contributed by atoms with E-state index in [1.54, 1.807) is 19.2 Å². The summed E-state index contributed by atoms with van der Waals surface area (Å²) in [5, 5.41) is 3.11. The Hall–Kier alpha value is -2.99. The molecule has 6 nitrogen and oxygen atoms in total. The first kappa shape index (κ1) is 21.2. The topological polar surface area (TPSA) is 82.2 Å². The first-order chi connectivity index (χ1) is 15.0. The highest BCUT2D eigenvalue weighted by Gasteiger charge is 2.25. The molecular formula is C24H27ClN4O2. The molecule has 1 saturated carbocycles. The molecule has 1 aromatic heterocycles. The first-order valence-corrected chi connectivity index (χ1v) is 11.0. The van der Waals surface area contributed by atoms with Gasteiger partial charge in [0.25, 0.3) is 0 Å². The zero-order valence-corrected chi connectivity index (χ0v) is 18.3. The van der Waals surface area contributed by atoms with E-state index in [1.807, 2.05) is 42.6 Å². The molecule has 0 aliphatic heterocycles. The summed E-state index contributed by atoms with van der Waals surface area (Å²) in [7, 11) is 1.66. The number of nitrogens with two attached hydrogens (primary N) is 1. The Labute approximate surface area is 187 Å². The van der Waals surface area contributed by atoms with Crippen LogP contribution in [-0.2, 0) is 11.2 Å². The maximum atomic E-state index is 12.7. The smallest absolute Gasteiger partial charge is 0.230 e. The highest BCUT2D eigenvalue weighted by molar-refractivity contribution is 6.20. The second kappa shape index (κ2) is 9.43. The molecule has 7 heteroatoms. The number of nitrogens with one attached hydrogen (secondary N) is 1. The summed E-state index contributed by atoms with van der Waals surface area (Å²) in [6.07, 6.45) is 6.07. The van der Waals surface area contributed by atoms with Gasteiger partial charge in [-0.15, -0.1) is 11.6 Å². The Morgan fingerprint density at radius 1 is 1.16 bits per heavy atom. The standard InChI is InChI=1S/C24H27ClN4O2/c1-31-22-9-5-2-6-19(22)24-27-17(15-29(24)18-12-10-16(25)11-13-18)14-23(30)28-21-8-4-3-7-20(21)26/h2-9,15-16,18H,10-14,26H2,1H3,(H,28,30). The van der Waals surface area contributed by atoms with Crippen molar-refractivity contribution in [3.05, 3.63) is 60.4 Å². The zero-order valence-electron chi connectivity index (χ0n) is 17.6. The van der Waals surface area contributed by atoms with Gasteiger partial charge in [-0.3, -0.25) is 4.79 Å². The maximum Gasteiger partial charge on any atom is 0.230 e. The van der Waals surface area contributed by atoms with Gasteiger partial charge in [0, 0.05) is 17.6 Å². The minimum absolute atomic E-state index is 0.154. The third kappa shape index (κ3) is 4.85. The van der Waals surface area contributed by atoms with Gasteiger partial charge in [-0.2, -0.15) is 0 Å². The van der Waals surface area contributed by atoms with Crippen molar-refractivity contribution in [2.45, 2.75) is 43.5 Å². The number of methoxy groups -OCH3 is 1. The molecule has 2 aromatic carbocycles. The average Bonchev–Trinajstić information content (AvgIpc) is 3.19. The fourth-order valence-electron chi connectivity index (χ4n) is 4.12. The van der Waals surface area contributed by atoms with E-state index in [1.165, 1.54) is 0 Å². The number of aromatic nitrogens is 2. The van der Waals surface area contributed by atoms with Crippen LogP contribution >= 0.6 is 11.6 Å². The normalized spacial score (nSPS) is 18.5. The lowest BCUT2D eigenvalue weighted by Gasteiger charge is -2.27. The molecule has 3 N–H and O–H groups in total. The Bertz CT molecular complexity index is 1060. The third-order valence-electron chi connectivity index (χ3n) is 5.73. The number of benzene rings is 2. The second-order valence-electron chi connectivity index (χ2n) is 7.88. The van der Waals surface area contributed by atoms with E-state index in [4.69, 9.17) is 27.1 Å². The Balaban J connectivity index is 1.63. The number of alkyl halides is 1. The molecule has 3 aromatic rings. The quantitative estimate of drug-likeness (QED) is 0.417. The second-order valence-corrected chi connectivity index (χ2v) is 8.50. The number of nitrogen functional groups attached to an aromatic ring is 1. The molecule has 0 spiro atoms. The lowest BCUT2D eigenvalue weighted by molar-refractivity contribution is -0.115. The zero-order chi connectivity index (χ0) is 21.8. The molecule has 1 fully saturated rings. The number of hydrogen-bond acceptors (Lipinski definition) is 4. The third-order valence-corrected chi connectivity index (χ3v) is 6.16. The molecule has 0 radical (unpaired) electrons. The highest BCUT2D eigenvalue weighted by Crippen LogP contribution is 2.37. The molecule has 31 heavy (non-hydrogen) atoms. The van der Waals surface area contributed by atoms with Crippen molar-refractivity contribution in [2.24, 2.45) is 0 Å². The molecule has 1 aliphatic carbocycles. The summed E-state index contributed by atoms with van der Waals surface area (Å²) in [4.78, 5) is 17.5. The fourth-order valence-corrected chi connectivity index (χ4v) is 4.37. The van der Waals surface area contributed by atoms with Gasteiger partial charge in [0.05, 0.1) is 36.2 Å². The van der Waals surface area contributed by atoms with E-state index >= 15 is 0 Å². The number of imidazole rings is 1. The van der Waals surface area contributed by atoms with Crippen molar-refractivity contribution < 1.29 is 9.53 Å². The molecule has 0 unspecified atom stereocenters. The molecule has 1 heterocycles. The van der Waals surface area contributed by atoms with Crippen LogP contribution in [0.1, 0.15) is 37.4 Å². The van der Waals surface area contributed by atoms with Crippen molar-refractivity contribution in [1.82, 2.24) is 9.55 Å². The van der Waals surface area contributed by atoms with Crippen LogP contribution in [0.5, 0.6) is 5.75 Å². The minimum atomic E-state index is -0.154. The predicted molar refractivity (Wildman–Crippen MR) is 125 cm³/mol. The molecule has 1 amide bonds. The SMILES string of the molecule is COc1ccccc1-c1nc(CC(=O)Nc2ccccc2N)cn1C1CCC(Cl)CC1. The van der Waals surface area contributed by atoms with E-state index in [-0.39, 0.29) is 17.7 Å². The lowest BCUT2D eigenvalue weighted by Crippen LogP contribution is -2.18. The largest absolute Gasteiger partial charge is 0.496 e. The van der Waals surface area contributed by atoms with Crippen LogP contribution in [0.15, 0.2) is 54.7 Å². The molecule has 162 valence electrons. The van der Waals surface area contributed by atoms with Crippen LogP contribution in [0.25, 0.3) is 11.4 Å². The summed E-state index contributed by atoms with van der Waals surface area (Å²) >= 11 is 6.33. The molecule has 0 saturated heterocycles. The van der Waals surface area contributed by atoms with E-state index in [0.29, 0.717) is 23.1 Å². The number of ether oxygens (including phenoxy) is 1. The van der Waals surface area contributed by atoms with Crippen molar-refractivity contribution in [3.63, 3.8) is 0 Å². The van der Waals surface area contributed by atoms with Crippen LogP contribution in [0.4, 0.5) is 11.4 Å². The number of para-hydroxylation sites is 3. The monoisotopic (exact) mass is 438 g/mol. The highest BCUT2D eigenvalue weighted by atomic mass is 35.5. The lowest BCUT2D eigenvalue weighted by atomic mass is 9.94. The maximum absolute atomic E-state index is 12.7. The Morgan fingerprint density at radius 2 is 1.87 bits per heavy atom. The summed E-state index contributed by atoms with van der Waals surface area (Å²) in [6.45, 7) is 0. The van der Waals surface area contributed by atoms with Crippen LogP contribution in [0, 0.1) is 0 Å². The van der Waals surface area contributed by atoms with Crippen molar-refractivity contribution >= 4 is 28.9 Å². The van der Waals surface area contributed by atoms with Crippen LogP contribution < -0.4 is 15.8 Å². The van der Waals surface area contributed by atoms with Crippen molar-refractivity contribution in [1.29, 1.82) is 0 Å². The van der Waals surface area contributed by atoms with Crippen LogP contribution in [0.3, 0.4) is 0 Å². The van der Waals surface area contributed by atoms with Crippen molar-refractivity contribution in [2.75, 3.05) is 18.2 Å². The number of hydrogen-bond donors (Lipinski definition) is 2. The van der Waals surface area contributed by atoms with Gasteiger partial charge in [-0.25, -0.2) is 4.98 Å². The van der Waals surface area contributed by atoms with Gasteiger partial charge in [0.2, 0.25) is 5.91 Å². The Kier molecular flexibility index (Phi) is 6.47. The molecule has 0 bridgehead atoms. The van der Waals surface area contributed by atoms with E-state index in [9.17, 15) is 4.79 Å². The molecule has 1 aliphatic rings. The molecule has 4 rings (SSSR count). The van der Waals surface area contributed by atoms with Crippen molar-refractivity contribution in [3.8, 4) is 17.1 Å². The Morgan fingerprint density at radius 3 is 2.61 bits per heavy atom. The van der Waals surface area contributed by atoms with Crippen LogP contribution in [-0.4, -0.2) is 27.9 Å². The van der Waals surface area contributed by atoms with Gasteiger partial charge in [-0.1, -0.05) is 24.3 Å². The van der Waals surface area contributed by atoms with E-state index < -0.39 is 0 Å².